The maximum absolute atomic E-state index is 13.0. The van der Waals surface area contributed by atoms with Crippen LogP contribution in [-0.4, -0.2) is 17.3 Å². The third-order valence-electron chi connectivity index (χ3n) is 3.96. The Hall–Kier alpha value is -1.36. The molecule has 24 heavy (non-hydrogen) atoms. The summed E-state index contributed by atoms with van der Waals surface area (Å²) in [5.74, 6) is 0.555. The second-order valence-corrected chi connectivity index (χ2v) is 7.79. The molecule has 6 heteroatoms. The molecule has 2 aromatic rings. The minimum absolute atomic E-state index is 0.0822. The number of halogens is 3. The second kappa shape index (κ2) is 6.51. The molecule has 2 aromatic carbocycles. The topological polar surface area (TPSA) is 32.7 Å². The smallest absolute Gasteiger partial charge is 0.260 e. The van der Waals surface area contributed by atoms with Crippen LogP contribution in [0.1, 0.15) is 19.4 Å². The average molecular weight is 426 g/mol. The SMILES string of the molecule is CC1=NC(C)(Cc2ccc(Br)cc2)C(=O)N1c1cc(Cl)cc(Cl)c1. The van der Waals surface area contributed by atoms with Gasteiger partial charge in [0.05, 0.1) is 5.69 Å². The van der Waals surface area contributed by atoms with Gasteiger partial charge in [-0.3, -0.25) is 14.7 Å². The van der Waals surface area contributed by atoms with Crippen LogP contribution in [0.4, 0.5) is 5.69 Å². The highest BCUT2D eigenvalue weighted by Crippen LogP contribution is 2.33. The normalized spacial score (nSPS) is 20.5. The number of hydrogen-bond donors (Lipinski definition) is 0. The molecule has 0 aliphatic carbocycles. The number of anilines is 1. The highest BCUT2D eigenvalue weighted by atomic mass is 79.9. The lowest BCUT2D eigenvalue weighted by Gasteiger charge is -2.23. The molecule has 0 radical (unpaired) electrons. The molecule has 1 atom stereocenters. The molecule has 1 amide bonds. The van der Waals surface area contributed by atoms with E-state index in [1.807, 2.05) is 38.1 Å². The van der Waals surface area contributed by atoms with Crippen molar-refractivity contribution in [3.63, 3.8) is 0 Å². The predicted molar refractivity (Wildman–Crippen MR) is 103 cm³/mol. The van der Waals surface area contributed by atoms with Gasteiger partial charge in [0.15, 0.2) is 0 Å². The Bertz CT molecular complexity index is 815. The number of nitrogens with zero attached hydrogens (tertiary/aromatic N) is 2. The third kappa shape index (κ3) is 3.37. The maximum Gasteiger partial charge on any atom is 0.260 e. The molecular formula is C18H15BrCl2N2O. The summed E-state index contributed by atoms with van der Waals surface area (Å²) in [6, 6.07) is 13.0. The number of amides is 1. The zero-order valence-corrected chi connectivity index (χ0v) is 16.3. The minimum Gasteiger partial charge on any atom is -0.271 e. The van der Waals surface area contributed by atoms with Gasteiger partial charge in [0.1, 0.15) is 11.4 Å². The first-order valence-electron chi connectivity index (χ1n) is 7.40. The molecule has 3 rings (SSSR count). The number of carbonyl (C=O) groups is 1. The van der Waals surface area contributed by atoms with Crippen LogP contribution in [0.5, 0.6) is 0 Å². The highest BCUT2D eigenvalue weighted by Gasteiger charge is 2.44. The lowest BCUT2D eigenvalue weighted by molar-refractivity contribution is -0.121. The van der Waals surface area contributed by atoms with E-state index in [1.165, 1.54) is 0 Å². The van der Waals surface area contributed by atoms with E-state index in [9.17, 15) is 4.79 Å². The second-order valence-electron chi connectivity index (χ2n) is 6.00. The zero-order chi connectivity index (χ0) is 17.5. The molecule has 1 aliphatic rings. The first-order valence-corrected chi connectivity index (χ1v) is 8.95. The Morgan fingerprint density at radius 2 is 1.71 bits per heavy atom. The van der Waals surface area contributed by atoms with Crippen molar-refractivity contribution in [1.29, 1.82) is 0 Å². The van der Waals surface area contributed by atoms with Crippen molar-refractivity contribution in [1.82, 2.24) is 0 Å². The first kappa shape index (κ1) is 17.5. The first-order chi connectivity index (χ1) is 11.3. The fourth-order valence-corrected chi connectivity index (χ4v) is 3.71. The molecule has 1 heterocycles. The van der Waals surface area contributed by atoms with Gasteiger partial charge in [-0.05, 0) is 49.7 Å². The predicted octanol–water partition coefficient (Wildman–Crippen LogP) is 5.52. The molecule has 0 saturated carbocycles. The Labute approximate surface area is 159 Å². The van der Waals surface area contributed by atoms with Gasteiger partial charge in [-0.25, -0.2) is 0 Å². The molecule has 0 N–H and O–H groups in total. The van der Waals surface area contributed by atoms with E-state index >= 15 is 0 Å². The van der Waals surface area contributed by atoms with E-state index in [2.05, 4.69) is 20.9 Å². The van der Waals surface area contributed by atoms with E-state index in [0.29, 0.717) is 28.0 Å². The molecule has 0 bridgehead atoms. The zero-order valence-electron chi connectivity index (χ0n) is 13.2. The summed E-state index contributed by atoms with van der Waals surface area (Å²) in [7, 11) is 0. The molecule has 0 saturated heterocycles. The molecule has 3 nitrogen and oxygen atoms in total. The standard InChI is InChI=1S/C18H15BrCl2N2O/c1-11-22-18(2,10-12-3-5-13(19)6-4-12)17(24)23(11)16-8-14(20)7-15(21)9-16/h3-9H,10H2,1-2H3. The fourth-order valence-electron chi connectivity index (χ4n) is 2.93. The van der Waals surface area contributed by atoms with Gasteiger partial charge in [0.2, 0.25) is 0 Å². The molecule has 1 unspecified atom stereocenters. The Balaban J connectivity index is 1.93. The quantitative estimate of drug-likeness (QED) is 0.636. The monoisotopic (exact) mass is 424 g/mol. The van der Waals surface area contributed by atoms with Crippen molar-refractivity contribution in [3.05, 3.63) is 62.5 Å². The summed E-state index contributed by atoms with van der Waals surface area (Å²) in [4.78, 5) is 19.3. The van der Waals surface area contributed by atoms with Crippen LogP contribution >= 0.6 is 39.1 Å². The van der Waals surface area contributed by atoms with Gasteiger partial charge in [0.25, 0.3) is 5.91 Å². The van der Waals surface area contributed by atoms with Gasteiger partial charge >= 0.3 is 0 Å². The Morgan fingerprint density at radius 1 is 1.12 bits per heavy atom. The molecule has 124 valence electrons. The number of carbonyl (C=O) groups excluding carboxylic acids is 1. The Kier molecular flexibility index (Phi) is 4.73. The summed E-state index contributed by atoms with van der Waals surface area (Å²) in [6.07, 6.45) is 0.529. The Morgan fingerprint density at radius 3 is 2.29 bits per heavy atom. The highest BCUT2D eigenvalue weighted by molar-refractivity contribution is 9.10. The average Bonchev–Trinajstić information content (AvgIpc) is 2.70. The van der Waals surface area contributed by atoms with Crippen LogP contribution in [0.2, 0.25) is 10.0 Å². The summed E-state index contributed by atoms with van der Waals surface area (Å²) >= 11 is 15.6. The largest absolute Gasteiger partial charge is 0.271 e. The lowest BCUT2D eigenvalue weighted by Crippen LogP contribution is -2.42. The number of amidine groups is 1. The summed E-state index contributed by atoms with van der Waals surface area (Å²) in [5, 5.41) is 0.972. The third-order valence-corrected chi connectivity index (χ3v) is 4.93. The van der Waals surface area contributed by atoms with Crippen molar-refractivity contribution in [2.75, 3.05) is 4.90 Å². The van der Waals surface area contributed by atoms with Crippen molar-refractivity contribution >= 4 is 56.6 Å². The number of aliphatic imine (C=N–C) groups is 1. The van der Waals surface area contributed by atoms with Gasteiger partial charge in [-0.15, -0.1) is 0 Å². The van der Waals surface area contributed by atoms with Crippen LogP contribution in [-0.2, 0) is 11.2 Å². The summed E-state index contributed by atoms with van der Waals surface area (Å²) in [5.41, 5.74) is 0.849. The van der Waals surface area contributed by atoms with E-state index in [1.54, 1.807) is 23.1 Å². The van der Waals surface area contributed by atoms with Crippen LogP contribution in [0.15, 0.2) is 51.9 Å². The maximum atomic E-state index is 13.0. The van der Waals surface area contributed by atoms with Gasteiger partial charge in [0, 0.05) is 20.9 Å². The number of rotatable bonds is 3. The molecular weight excluding hydrogens is 411 g/mol. The van der Waals surface area contributed by atoms with Gasteiger partial charge in [-0.1, -0.05) is 51.3 Å². The van der Waals surface area contributed by atoms with Crippen molar-refractivity contribution < 1.29 is 4.79 Å². The van der Waals surface area contributed by atoms with Gasteiger partial charge in [-0.2, -0.15) is 0 Å². The van der Waals surface area contributed by atoms with Crippen molar-refractivity contribution in [3.8, 4) is 0 Å². The van der Waals surface area contributed by atoms with Gasteiger partial charge < -0.3 is 0 Å². The summed E-state index contributed by atoms with van der Waals surface area (Å²) < 4.78 is 1.00. The van der Waals surface area contributed by atoms with Crippen LogP contribution < -0.4 is 4.90 Å². The van der Waals surface area contributed by atoms with Crippen LogP contribution in [0.25, 0.3) is 0 Å². The van der Waals surface area contributed by atoms with E-state index < -0.39 is 5.54 Å². The van der Waals surface area contributed by atoms with Crippen LogP contribution in [0.3, 0.4) is 0 Å². The molecule has 0 aromatic heterocycles. The van der Waals surface area contributed by atoms with E-state index in [4.69, 9.17) is 23.2 Å². The van der Waals surface area contributed by atoms with E-state index in [-0.39, 0.29) is 5.91 Å². The van der Waals surface area contributed by atoms with E-state index in [0.717, 1.165) is 10.0 Å². The molecule has 0 fully saturated rings. The lowest BCUT2D eigenvalue weighted by atomic mass is 9.93. The van der Waals surface area contributed by atoms with Crippen molar-refractivity contribution in [2.24, 2.45) is 4.99 Å². The molecule has 0 spiro atoms. The number of benzene rings is 2. The summed E-state index contributed by atoms with van der Waals surface area (Å²) in [6.45, 7) is 3.67. The number of hydrogen-bond acceptors (Lipinski definition) is 2. The van der Waals surface area contributed by atoms with Crippen molar-refractivity contribution in [2.45, 2.75) is 25.8 Å². The molecule has 1 aliphatic heterocycles. The minimum atomic E-state index is -0.841. The van der Waals surface area contributed by atoms with Crippen LogP contribution in [0, 0.1) is 0 Å². The fraction of sp³-hybridized carbons (Fsp3) is 0.222.